The average Bonchev–Trinajstić information content (AvgIpc) is 2.19. The molecule has 0 saturated heterocycles. The Kier molecular flexibility index (Phi) is 3.96. The Morgan fingerprint density at radius 1 is 1.50 bits per heavy atom. The van der Waals surface area contributed by atoms with E-state index < -0.39 is 6.10 Å². The van der Waals surface area contributed by atoms with E-state index in [1.165, 1.54) is 0 Å². The van der Waals surface area contributed by atoms with Crippen LogP contribution in [0.2, 0.25) is 0 Å². The summed E-state index contributed by atoms with van der Waals surface area (Å²) in [5.74, 6) is 0.702. The van der Waals surface area contributed by atoms with Gasteiger partial charge >= 0.3 is 0 Å². The first kappa shape index (κ1) is 10.6. The number of hydrogen-bond acceptors (Lipinski definition) is 3. The van der Waals surface area contributed by atoms with Crippen molar-refractivity contribution in [3.8, 4) is 11.8 Å². The summed E-state index contributed by atoms with van der Waals surface area (Å²) in [7, 11) is 1.64. The van der Waals surface area contributed by atoms with E-state index in [1.54, 1.807) is 14.0 Å². The van der Waals surface area contributed by atoms with Gasteiger partial charge in [-0.05, 0) is 24.6 Å². The molecule has 1 atom stereocenters. The summed E-state index contributed by atoms with van der Waals surface area (Å²) < 4.78 is 10.3. The molecule has 14 heavy (non-hydrogen) atoms. The van der Waals surface area contributed by atoms with Crippen LogP contribution in [-0.2, 0) is 11.3 Å². The Balaban J connectivity index is 2.69. The van der Waals surface area contributed by atoms with E-state index in [2.05, 4.69) is 0 Å². The van der Waals surface area contributed by atoms with Gasteiger partial charge in [-0.3, -0.25) is 0 Å². The molecular formula is C11H13NO2. The van der Waals surface area contributed by atoms with E-state index in [4.69, 9.17) is 14.7 Å². The maximum atomic E-state index is 8.57. The number of rotatable bonds is 4. The molecule has 1 aromatic carbocycles. The lowest BCUT2D eigenvalue weighted by Crippen LogP contribution is -2.08. The fourth-order valence-electron chi connectivity index (χ4n) is 1.11. The number of nitrogens with zero attached hydrogens (tertiary/aromatic N) is 1. The average molecular weight is 191 g/mol. The molecule has 0 aliphatic heterocycles. The summed E-state index contributed by atoms with van der Waals surface area (Å²) >= 11 is 0. The van der Waals surface area contributed by atoms with Crippen LogP contribution in [0.15, 0.2) is 24.3 Å². The van der Waals surface area contributed by atoms with Gasteiger partial charge < -0.3 is 9.47 Å². The van der Waals surface area contributed by atoms with Gasteiger partial charge in [0.25, 0.3) is 0 Å². The number of benzene rings is 1. The summed E-state index contributed by atoms with van der Waals surface area (Å²) in [6, 6.07) is 9.54. The van der Waals surface area contributed by atoms with Crippen LogP contribution >= 0.6 is 0 Å². The van der Waals surface area contributed by atoms with Crippen molar-refractivity contribution in [2.45, 2.75) is 19.6 Å². The van der Waals surface area contributed by atoms with E-state index >= 15 is 0 Å². The number of methoxy groups -OCH3 is 1. The zero-order valence-electron chi connectivity index (χ0n) is 8.36. The van der Waals surface area contributed by atoms with Gasteiger partial charge in [0.15, 0.2) is 6.10 Å². The molecule has 0 spiro atoms. The van der Waals surface area contributed by atoms with Gasteiger partial charge in [0.05, 0.1) is 6.61 Å². The highest BCUT2D eigenvalue weighted by molar-refractivity contribution is 5.28. The molecule has 0 fully saturated rings. The Bertz CT molecular complexity index is 330. The highest BCUT2D eigenvalue weighted by atomic mass is 16.5. The van der Waals surface area contributed by atoms with Crippen molar-refractivity contribution >= 4 is 0 Å². The fourth-order valence-corrected chi connectivity index (χ4v) is 1.11. The van der Waals surface area contributed by atoms with Crippen LogP contribution < -0.4 is 4.74 Å². The molecule has 0 aliphatic rings. The molecule has 0 N–H and O–H groups in total. The van der Waals surface area contributed by atoms with Crippen molar-refractivity contribution in [3.05, 3.63) is 29.8 Å². The summed E-state index contributed by atoms with van der Waals surface area (Å²) in [6.45, 7) is 2.27. The van der Waals surface area contributed by atoms with Crippen molar-refractivity contribution in [1.29, 1.82) is 5.26 Å². The van der Waals surface area contributed by atoms with E-state index in [0.717, 1.165) is 5.56 Å². The molecule has 0 heterocycles. The molecule has 0 aliphatic carbocycles. The van der Waals surface area contributed by atoms with Crippen LogP contribution in [0.5, 0.6) is 5.75 Å². The van der Waals surface area contributed by atoms with Crippen LogP contribution in [0.1, 0.15) is 12.5 Å². The van der Waals surface area contributed by atoms with Crippen LogP contribution in [-0.4, -0.2) is 13.2 Å². The number of ether oxygens (including phenoxy) is 2. The Hall–Kier alpha value is -1.53. The molecule has 1 aromatic rings. The summed E-state index contributed by atoms with van der Waals surface area (Å²) in [5, 5.41) is 8.57. The predicted octanol–water partition coefficient (Wildman–Crippen LogP) is 2.12. The van der Waals surface area contributed by atoms with Gasteiger partial charge in [-0.1, -0.05) is 12.1 Å². The quantitative estimate of drug-likeness (QED) is 0.732. The highest BCUT2D eigenvalue weighted by Crippen LogP contribution is 2.15. The first-order valence-corrected chi connectivity index (χ1v) is 4.40. The lowest BCUT2D eigenvalue weighted by molar-refractivity contribution is 0.184. The van der Waals surface area contributed by atoms with Gasteiger partial charge in [-0.15, -0.1) is 0 Å². The zero-order chi connectivity index (χ0) is 10.4. The van der Waals surface area contributed by atoms with Gasteiger partial charge in [0.2, 0.25) is 0 Å². The third-order valence-corrected chi connectivity index (χ3v) is 1.70. The molecule has 0 amide bonds. The van der Waals surface area contributed by atoms with Gasteiger partial charge in [-0.2, -0.15) is 5.26 Å². The first-order valence-electron chi connectivity index (χ1n) is 4.40. The third kappa shape index (κ3) is 3.08. The topological polar surface area (TPSA) is 42.2 Å². The van der Waals surface area contributed by atoms with E-state index in [0.29, 0.717) is 12.4 Å². The second kappa shape index (κ2) is 5.25. The van der Waals surface area contributed by atoms with Crippen LogP contribution in [0.25, 0.3) is 0 Å². The zero-order valence-corrected chi connectivity index (χ0v) is 8.36. The minimum atomic E-state index is -0.423. The molecule has 0 saturated carbocycles. The molecule has 0 radical (unpaired) electrons. The van der Waals surface area contributed by atoms with Gasteiger partial charge in [0, 0.05) is 7.11 Å². The lowest BCUT2D eigenvalue weighted by Gasteiger charge is -2.08. The molecule has 3 heteroatoms. The normalized spacial score (nSPS) is 11.8. The largest absolute Gasteiger partial charge is 0.476 e. The first-order chi connectivity index (χ1) is 6.76. The maximum Gasteiger partial charge on any atom is 0.181 e. The molecule has 0 bridgehead atoms. The SMILES string of the molecule is COCc1cccc(OC(C)C#N)c1. The second-order valence-electron chi connectivity index (χ2n) is 2.97. The Labute approximate surface area is 83.9 Å². The molecule has 74 valence electrons. The fraction of sp³-hybridized carbons (Fsp3) is 0.364. The van der Waals surface area contributed by atoms with Crippen LogP contribution in [0, 0.1) is 11.3 Å². The molecular weight excluding hydrogens is 178 g/mol. The smallest absolute Gasteiger partial charge is 0.181 e. The van der Waals surface area contributed by atoms with Crippen molar-refractivity contribution in [3.63, 3.8) is 0 Å². The maximum absolute atomic E-state index is 8.57. The summed E-state index contributed by atoms with van der Waals surface area (Å²) in [4.78, 5) is 0. The molecule has 0 aromatic heterocycles. The third-order valence-electron chi connectivity index (χ3n) is 1.70. The minimum absolute atomic E-state index is 0.423. The molecule has 1 rings (SSSR count). The van der Waals surface area contributed by atoms with E-state index in [9.17, 15) is 0 Å². The van der Waals surface area contributed by atoms with Crippen LogP contribution in [0.4, 0.5) is 0 Å². The van der Waals surface area contributed by atoms with Crippen molar-refractivity contribution in [2.75, 3.05) is 7.11 Å². The summed E-state index contributed by atoms with van der Waals surface area (Å²) in [5.41, 5.74) is 1.04. The van der Waals surface area contributed by atoms with Crippen molar-refractivity contribution < 1.29 is 9.47 Å². The molecule has 3 nitrogen and oxygen atoms in total. The van der Waals surface area contributed by atoms with Crippen molar-refractivity contribution in [1.82, 2.24) is 0 Å². The Morgan fingerprint density at radius 3 is 2.93 bits per heavy atom. The Morgan fingerprint density at radius 2 is 2.29 bits per heavy atom. The monoisotopic (exact) mass is 191 g/mol. The molecule has 1 unspecified atom stereocenters. The van der Waals surface area contributed by atoms with E-state index in [1.807, 2.05) is 30.3 Å². The summed E-state index contributed by atoms with van der Waals surface area (Å²) in [6.07, 6.45) is -0.423. The van der Waals surface area contributed by atoms with E-state index in [-0.39, 0.29) is 0 Å². The lowest BCUT2D eigenvalue weighted by atomic mass is 10.2. The van der Waals surface area contributed by atoms with Gasteiger partial charge in [0.1, 0.15) is 11.8 Å². The van der Waals surface area contributed by atoms with Crippen molar-refractivity contribution in [2.24, 2.45) is 0 Å². The minimum Gasteiger partial charge on any atom is -0.476 e. The van der Waals surface area contributed by atoms with Gasteiger partial charge in [-0.25, -0.2) is 0 Å². The standard InChI is InChI=1S/C11H13NO2/c1-9(7-12)14-11-5-3-4-10(6-11)8-13-2/h3-6,9H,8H2,1-2H3. The number of nitriles is 1. The predicted molar refractivity (Wildman–Crippen MR) is 52.9 cm³/mol. The van der Waals surface area contributed by atoms with Crippen LogP contribution in [0.3, 0.4) is 0 Å². The second-order valence-corrected chi connectivity index (χ2v) is 2.97. The highest BCUT2D eigenvalue weighted by Gasteiger charge is 2.01. The number of hydrogen-bond donors (Lipinski definition) is 0.